The molecule has 1 heterocycles. The van der Waals surface area contributed by atoms with E-state index in [1.807, 2.05) is 19.1 Å². The molecule has 0 aliphatic heterocycles. The van der Waals surface area contributed by atoms with Gasteiger partial charge in [0.2, 0.25) is 0 Å². The SMILES string of the molecule is CCOc1ccc2c(C(=O)Nc3cccc(Br)c3)cc(=O)oc2c1. The minimum absolute atomic E-state index is 0.254. The molecule has 0 saturated heterocycles. The van der Waals surface area contributed by atoms with Gasteiger partial charge in [0, 0.05) is 27.7 Å². The van der Waals surface area contributed by atoms with Gasteiger partial charge in [-0.05, 0) is 37.3 Å². The van der Waals surface area contributed by atoms with E-state index >= 15 is 0 Å². The van der Waals surface area contributed by atoms with Crippen LogP contribution >= 0.6 is 15.9 Å². The fourth-order valence-electron chi connectivity index (χ4n) is 2.35. The molecule has 0 fully saturated rings. The zero-order chi connectivity index (χ0) is 17.1. The molecule has 0 radical (unpaired) electrons. The summed E-state index contributed by atoms with van der Waals surface area (Å²) in [7, 11) is 0. The van der Waals surface area contributed by atoms with E-state index in [0.717, 1.165) is 4.47 Å². The van der Waals surface area contributed by atoms with Crippen molar-refractivity contribution in [2.45, 2.75) is 6.92 Å². The van der Waals surface area contributed by atoms with E-state index in [1.54, 1.807) is 30.3 Å². The number of hydrogen-bond donors (Lipinski definition) is 1. The van der Waals surface area contributed by atoms with Crippen LogP contribution in [0.2, 0.25) is 0 Å². The van der Waals surface area contributed by atoms with Crippen molar-refractivity contribution in [2.75, 3.05) is 11.9 Å². The van der Waals surface area contributed by atoms with Gasteiger partial charge in [0.05, 0.1) is 12.2 Å². The summed E-state index contributed by atoms with van der Waals surface area (Å²) in [5, 5.41) is 3.32. The van der Waals surface area contributed by atoms with Gasteiger partial charge >= 0.3 is 5.63 Å². The van der Waals surface area contributed by atoms with Gasteiger partial charge in [0.15, 0.2) is 0 Å². The molecule has 6 heteroatoms. The monoisotopic (exact) mass is 387 g/mol. The van der Waals surface area contributed by atoms with Crippen LogP contribution in [0.4, 0.5) is 5.69 Å². The van der Waals surface area contributed by atoms with Crippen LogP contribution in [0.15, 0.2) is 62.2 Å². The van der Waals surface area contributed by atoms with E-state index in [4.69, 9.17) is 9.15 Å². The lowest BCUT2D eigenvalue weighted by atomic mass is 10.1. The fourth-order valence-corrected chi connectivity index (χ4v) is 2.75. The molecule has 1 aromatic heterocycles. The summed E-state index contributed by atoms with van der Waals surface area (Å²) in [5.74, 6) is 0.202. The van der Waals surface area contributed by atoms with Crippen LogP contribution in [-0.4, -0.2) is 12.5 Å². The van der Waals surface area contributed by atoms with Gasteiger partial charge in [-0.2, -0.15) is 0 Å². The van der Waals surface area contributed by atoms with Crippen molar-refractivity contribution >= 4 is 38.5 Å². The number of rotatable bonds is 4. The van der Waals surface area contributed by atoms with Crippen molar-refractivity contribution in [3.05, 3.63) is 69.0 Å². The molecule has 0 saturated carbocycles. The summed E-state index contributed by atoms with van der Waals surface area (Å²) < 4.78 is 11.4. The largest absolute Gasteiger partial charge is 0.494 e. The first kappa shape index (κ1) is 16.3. The van der Waals surface area contributed by atoms with Gasteiger partial charge in [0.25, 0.3) is 5.91 Å². The molecule has 1 N–H and O–H groups in total. The second-order valence-electron chi connectivity index (χ2n) is 5.03. The average Bonchev–Trinajstić information content (AvgIpc) is 2.54. The minimum atomic E-state index is -0.587. The standard InChI is InChI=1S/C18H14BrNO4/c1-2-23-13-6-7-14-15(10-17(21)24-16(14)9-13)18(22)20-12-5-3-4-11(19)8-12/h3-10H,2H2,1H3,(H,20,22). The molecule has 3 rings (SSSR count). The lowest BCUT2D eigenvalue weighted by Gasteiger charge is -2.09. The highest BCUT2D eigenvalue weighted by Gasteiger charge is 2.14. The van der Waals surface area contributed by atoms with Crippen LogP contribution in [0.1, 0.15) is 17.3 Å². The topological polar surface area (TPSA) is 68.5 Å². The van der Waals surface area contributed by atoms with Gasteiger partial charge in [-0.3, -0.25) is 4.79 Å². The summed E-state index contributed by atoms with van der Waals surface area (Å²) in [6, 6.07) is 13.5. The Morgan fingerprint density at radius 3 is 2.79 bits per heavy atom. The van der Waals surface area contributed by atoms with Gasteiger partial charge in [-0.1, -0.05) is 22.0 Å². The third-order valence-corrected chi connectivity index (χ3v) is 3.85. The molecule has 0 spiro atoms. The Hall–Kier alpha value is -2.60. The first-order valence-corrected chi connectivity index (χ1v) is 8.14. The molecule has 122 valence electrons. The molecule has 0 aliphatic rings. The van der Waals surface area contributed by atoms with Crippen molar-refractivity contribution in [1.29, 1.82) is 0 Å². The third-order valence-electron chi connectivity index (χ3n) is 3.35. The number of fused-ring (bicyclic) bond motifs is 1. The first-order chi connectivity index (χ1) is 11.6. The summed E-state index contributed by atoms with van der Waals surface area (Å²) in [5.41, 5.74) is 0.606. The highest BCUT2D eigenvalue weighted by atomic mass is 79.9. The van der Waals surface area contributed by atoms with Gasteiger partial charge < -0.3 is 14.5 Å². The number of amides is 1. The smallest absolute Gasteiger partial charge is 0.337 e. The van der Waals surface area contributed by atoms with Crippen LogP contribution in [0.3, 0.4) is 0 Å². The maximum Gasteiger partial charge on any atom is 0.337 e. The quantitative estimate of drug-likeness (QED) is 0.680. The number of carbonyl (C=O) groups is 1. The second kappa shape index (κ2) is 6.88. The molecule has 3 aromatic rings. The van der Waals surface area contributed by atoms with E-state index in [0.29, 0.717) is 29.0 Å². The molecule has 0 bridgehead atoms. The Labute approximate surface area is 146 Å². The lowest BCUT2D eigenvalue weighted by molar-refractivity contribution is 0.102. The average molecular weight is 388 g/mol. The number of halogens is 1. The van der Waals surface area contributed by atoms with E-state index in [9.17, 15) is 9.59 Å². The molecule has 1 amide bonds. The maximum absolute atomic E-state index is 12.6. The highest BCUT2D eigenvalue weighted by molar-refractivity contribution is 9.10. The van der Waals surface area contributed by atoms with E-state index in [2.05, 4.69) is 21.2 Å². The first-order valence-electron chi connectivity index (χ1n) is 7.34. The van der Waals surface area contributed by atoms with Crippen molar-refractivity contribution in [2.24, 2.45) is 0 Å². The highest BCUT2D eigenvalue weighted by Crippen LogP contribution is 2.24. The maximum atomic E-state index is 12.6. The Morgan fingerprint density at radius 2 is 2.04 bits per heavy atom. The summed E-state index contributed by atoms with van der Waals surface area (Å²) in [6.07, 6.45) is 0. The molecule has 0 aliphatic carbocycles. The molecular weight excluding hydrogens is 374 g/mol. The van der Waals surface area contributed by atoms with Crippen LogP contribution in [0, 0.1) is 0 Å². The predicted octanol–water partition coefficient (Wildman–Crippen LogP) is 4.21. The molecule has 2 aromatic carbocycles. The van der Waals surface area contributed by atoms with Crippen molar-refractivity contribution in [1.82, 2.24) is 0 Å². The van der Waals surface area contributed by atoms with Crippen LogP contribution < -0.4 is 15.7 Å². The molecular formula is C18H14BrNO4. The van der Waals surface area contributed by atoms with Crippen molar-refractivity contribution in [3.8, 4) is 5.75 Å². The van der Waals surface area contributed by atoms with E-state index in [-0.39, 0.29) is 11.5 Å². The number of benzene rings is 2. The Kier molecular flexibility index (Phi) is 4.66. The number of ether oxygens (including phenoxy) is 1. The van der Waals surface area contributed by atoms with Crippen molar-refractivity contribution < 1.29 is 13.9 Å². The second-order valence-corrected chi connectivity index (χ2v) is 5.95. The van der Waals surface area contributed by atoms with Crippen molar-refractivity contribution in [3.63, 3.8) is 0 Å². The van der Waals surface area contributed by atoms with Crippen LogP contribution in [0.25, 0.3) is 11.0 Å². The summed E-state index contributed by atoms with van der Waals surface area (Å²) in [4.78, 5) is 24.4. The summed E-state index contributed by atoms with van der Waals surface area (Å²) in [6.45, 7) is 2.36. The minimum Gasteiger partial charge on any atom is -0.494 e. The van der Waals surface area contributed by atoms with E-state index < -0.39 is 5.63 Å². The zero-order valence-electron chi connectivity index (χ0n) is 12.8. The Morgan fingerprint density at radius 1 is 1.21 bits per heavy atom. The molecule has 0 unspecified atom stereocenters. The lowest BCUT2D eigenvalue weighted by Crippen LogP contribution is -2.15. The molecule has 24 heavy (non-hydrogen) atoms. The summed E-state index contributed by atoms with van der Waals surface area (Å²) >= 11 is 3.35. The zero-order valence-corrected chi connectivity index (χ0v) is 14.4. The van der Waals surface area contributed by atoms with Crippen LogP contribution in [-0.2, 0) is 0 Å². The molecule has 5 nitrogen and oxygen atoms in total. The van der Waals surface area contributed by atoms with Gasteiger partial charge in [0.1, 0.15) is 11.3 Å². The fraction of sp³-hybridized carbons (Fsp3) is 0.111. The number of anilines is 1. The normalized spacial score (nSPS) is 10.6. The molecule has 0 atom stereocenters. The predicted molar refractivity (Wildman–Crippen MR) is 95.7 cm³/mol. The Balaban J connectivity index is 2.01. The third kappa shape index (κ3) is 3.49. The van der Waals surface area contributed by atoms with Crippen LogP contribution in [0.5, 0.6) is 5.75 Å². The number of nitrogens with one attached hydrogen (secondary N) is 1. The van der Waals surface area contributed by atoms with Gasteiger partial charge in [-0.15, -0.1) is 0 Å². The van der Waals surface area contributed by atoms with E-state index in [1.165, 1.54) is 6.07 Å². The number of hydrogen-bond acceptors (Lipinski definition) is 4. The van der Waals surface area contributed by atoms with Gasteiger partial charge in [-0.25, -0.2) is 4.79 Å². The Bertz CT molecular complexity index is 965. The number of carbonyl (C=O) groups excluding carboxylic acids is 1.